The molecule has 0 atom stereocenters. The molecule has 24 nitrogen and oxygen atoms in total. The van der Waals surface area contributed by atoms with Crippen LogP contribution in [-0.4, -0.2) is 282 Å². The molecular formula is C63H111F3N14O10S2. The molecule has 7 N–H and O–H groups in total. The van der Waals surface area contributed by atoms with Gasteiger partial charge in [0.25, 0.3) is 0 Å². The Morgan fingerprint density at radius 1 is 0.446 bits per heavy atom. The number of benzene rings is 2. The monoisotopic (exact) mass is 1340 g/mol. The van der Waals surface area contributed by atoms with Crippen LogP contribution >= 0.6 is 0 Å². The van der Waals surface area contributed by atoms with Crippen molar-refractivity contribution in [3.8, 4) is 5.75 Å². The molecule has 7 heterocycles. The van der Waals surface area contributed by atoms with Gasteiger partial charge in [0.15, 0.2) is 0 Å². The predicted octanol–water partition coefficient (Wildman–Crippen LogP) is -6.98. The van der Waals surface area contributed by atoms with Crippen molar-refractivity contribution >= 4 is 49.6 Å². The summed E-state index contributed by atoms with van der Waals surface area (Å²) in [7, 11) is 20.5. The van der Waals surface area contributed by atoms with E-state index in [4.69, 9.17) is 4.74 Å². The van der Waals surface area contributed by atoms with Gasteiger partial charge in [-0.25, -0.2) is 16.8 Å². The zero-order valence-corrected chi connectivity index (χ0v) is 57.3. The summed E-state index contributed by atoms with van der Waals surface area (Å²) in [5, 5.41) is 0. The molecule has 526 valence electrons. The topological polar surface area (TPSA) is 217 Å². The fourth-order valence-corrected chi connectivity index (χ4v) is 12.1. The van der Waals surface area contributed by atoms with Crippen LogP contribution in [0.15, 0.2) is 54.6 Å². The van der Waals surface area contributed by atoms with Crippen LogP contribution in [0.25, 0.3) is 0 Å². The second-order valence-electron chi connectivity index (χ2n) is 24.1. The SMILES string of the molecule is [CH2-][NH+]1CCN(C(=O)CC)CC1.[CH2-][NH+]1CCN(C(=O)CCC)CC1.[CH2-][NH+]1CCN(C(=O)Cc2ccc(OC)cc2)CC1.[CH2-][NH+]1CCN(C(=O)Cc2ccccc2)CC1.[CH2-][NH+]1CCN(C(C)=O)CC1.[CH2-][NH+]1CCN(S(=O)(=O)C(F)(F)F)CC1.[CH2-][NH+]1CCN(S(C)(=O)=O)CC1. The van der Waals surface area contributed by atoms with Crippen LogP contribution < -0.4 is 39.0 Å². The smallest absolute Gasteiger partial charge is 0.497 e. The van der Waals surface area contributed by atoms with Crippen molar-refractivity contribution in [2.24, 2.45) is 0 Å². The largest absolute Gasteiger partial charge is 0.511 e. The summed E-state index contributed by atoms with van der Waals surface area (Å²) in [6, 6.07) is 17.6. The Morgan fingerprint density at radius 3 is 1.03 bits per heavy atom. The highest BCUT2D eigenvalue weighted by Crippen LogP contribution is 2.26. The first-order chi connectivity index (χ1) is 43.4. The van der Waals surface area contributed by atoms with Crippen LogP contribution in [0.3, 0.4) is 0 Å². The number of nitrogens with zero attached hydrogens (tertiary/aromatic N) is 7. The minimum Gasteiger partial charge on any atom is -0.497 e. The van der Waals surface area contributed by atoms with Crippen molar-refractivity contribution in [3.63, 3.8) is 0 Å². The molecular weight excluding hydrogens is 1230 g/mol. The van der Waals surface area contributed by atoms with E-state index in [-0.39, 0.29) is 36.7 Å². The lowest BCUT2D eigenvalue weighted by molar-refractivity contribution is -0.858. The first kappa shape index (κ1) is 81.2. The maximum absolute atomic E-state index is 12.1. The molecule has 0 unspecified atom stereocenters. The lowest BCUT2D eigenvalue weighted by Gasteiger charge is -2.33. The highest BCUT2D eigenvalue weighted by atomic mass is 32.2. The van der Waals surface area contributed by atoms with Gasteiger partial charge in [0, 0.05) is 19.8 Å². The number of alkyl halides is 3. The van der Waals surface area contributed by atoms with Gasteiger partial charge in [0.2, 0.25) is 39.6 Å². The number of hydrogen-bond donors (Lipinski definition) is 7. The Bertz CT molecular complexity index is 2670. The summed E-state index contributed by atoms with van der Waals surface area (Å²) >= 11 is 0. The molecule has 0 aliphatic carbocycles. The van der Waals surface area contributed by atoms with Crippen molar-refractivity contribution in [1.82, 2.24) is 33.1 Å². The van der Waals surface area contributed by atoms with Crippen molar-refractivity contribution in [3.05, 3.63) is 115 Å². The van der Waals surface area contributed by atoms with Crippen LogP contribution in [0, 0.1) is 49.3 Å². The van der Waals surface area contributed by atoms with E-state index >= 15 is 0 Å². The summed E-state index contributed by atoms with van der Waals surface area (Å²) in [6.45, 7) is 27.1. The Morgan fingerprint density at radius 2 is 0.739 bits per heavy atom. The summed E-state index contributed by atoms with van der Waals surface area (Å²) in [6.07, 6.45) is 4.53. The molecule has 5 amide bonds. The van der Waals surface area contributed by atoms with Gasteiger partial charge in [0.05, 0.1) is 209 Å². The minimum atomic E-state index is -5.19. The number of amides is 5. The Hall–Kier alpha value is -5.08. The number of nitrogens with one attached hydrogen (secondary N) is 7. The minimum absolute atomic E-state index is 0.124. The van der Waals surface area contributed by atoms with E-state index in [1.807, 2.05) is 92.9 Å². The zero-order valence-electron chi connectivity index (χ0n) is 55.6. The lowest BCUT2D eigenvalue weighted by Crippen LogP contribution is -3.10. The highest BCUT2D eigenvalue weighted by molar-refractivity contribution is 7.90. The van der Waals surface area contributed by atoms with E-state index in [2.05, 4.69) is 49.3 Å². The van der Waals surface area contributed by atoms with E-state index in [0.717, 1.165) is 177 Å². The number of sulfonamides is 2. The molecule has 92 heavy (non-hydrogen) atoms. The number of rotatable bonds is 10. The molecule has 29 heteroatoms. The maximum Gasteiger partial charge on any atom is 0.511 e. The van der Waals surface area contributed by atoms with Crippen LogP contribution in [0.1, 0.15) is 51.2 Å². The van der Waals surface area contributed by atoms with Crippen LogP contribution in [-0.2, 0) is 56.9 Å². The summed E-state index contributed by atoms with van der Waals surface area (Å²) < 4.78 is 87.0. The van der Waals surface area contributed by atoms with Gasteiger partial charge >= 0.3 is 15.5 Å². The van der Waals surface area contributed by atoms with Crippen LogP contribution in [0.5, 0.6) is 5.75 Å². The van der Waals surface area contributed by atoms with Crippen molar-refractivity contribution in [1.29, 1.82) is 0 Å². The highest BCUT2D eigenvalue weighted by Gasteiger charge is 2.50. The van der Waals surface area contributed by atoms with E-state index in [9.17, 15) is 54.0 Å². The summed E-state index contributed by atoms with van der Waals surface area (Å²) in [5.74, 6) is 2.03. The standard InChI is InChI=1S/C14H20N2O2.C13H18N2O.C9H18N2O.C8H16N2O.C7H14N2O.C6H11F3N2O2S.C6H14N2O2S/c1-15-7-9-16(10-8-15)14(17)11-12-3-5-13(18-2)6-4-12;1-14-7-9-15(10-8-14)13(16)11-12-5-3-2-4-6-12;1-3-4-9(12)11-7-5-10(2)6-8-11;1-3-8(11)10-6-4-9(2)5-7-10;1-7(10)9-5-3-8(2)4-6-9;1-10-2-4-11(5-3-10)14(12,13)6(7,8)9;1-7-3-5-8(6-4-7)11(2,9)10/h3-6,15H,1,7-11H2,2H3;2-6,14H,1,7-11H2;10H,2-8H2,1H3;9H,2-7H2,1H3;8H,2-6H2,1H3;10H,1-5H2;7H,1,3-6H2,2H3. The van der Waals surface area contributed by atoms with Crippen molar-refractivity contribution in [2.75, 3.05) is 197 Å². The molecule has 7 fully saturated rings. The molecule has 7 saturated heterocycles. The molecule has 2 aromatic carbocycles. The Labute approximate surface area is 549 Å². The van der Waals surface area contributed by atoms with Gasteiger partial charge in [-0.05, 0) is 29.7 Å². The third kappa shape index (κ3) is 31.0. The molecule has 7 aliphatic heterocycles. The van der Waals surface area contributed by atoms with E-state index < -0.39 is 25.6 Å². The number of piperazine rings is 7. The molecule has 0 spiro atoms. The fourth-order valence-electron chi connectivity index (χ4n) is 10.3. The lowest BCUT2D eigenvalue weighted by atomic mass is 10.1. The van der Waals surface area contributed by atoms with Crippen molar-refractivity contribution in [2.45, 2.75) is 58.4 Å². The van der Waals surface area contributed by atoms with Gasteiger partial charge in [-0.15, -0.1) is 0 Å². The number of halogens is 3. The third-order valence-corrected chi connectivity index (χ3v) is 19.6. The molecule has 0 bridgehead atoms. The maximum atomic E-state index is 12.1. The van der Waals surface area contributed by atoms with Crippen LogP contribution in [0.2, 0.25) is 0 Å². The Balaban J connectivity index is 0.000000283. The summed E-state index contributed by atoms with van der Waals surface area (Å²) in [4.78, 5) is 75.4. The van der Waals surface area contributed by atoms with Gasteiger partial charge in [-0.1, -0.05) is 56.3 Å². The molecule has 7 aliphatic rings. The van der Waals surface area contributed by atoms with Crippen molar-refractivity contribution < 1.29 is 93.0 Å². The quantitative estimate of drug-likeness (QED) is 0.112. The van der Waals surface area contributed by atoms with Gasteiger partial charge < -0.3 is 63.5 Å². The number of hydrogen-bond acceptors (Lipinski definition) is 10. The van der Waals surface area contributed by atoms with Gasteiger partial charge in [0.1, 0.15) is 5.75 Å². The Kier molecular flexibility index (Phi) is 36.8. The molecule has 0 saturated carbocycles. The second kappa shape index (κ2) is 41.7. The zero-order chi connectivity index (χ0) is 68.6. The number of carbonyl (C=O) groups excluding carboxylic acids is 5. The molecule has 0 aromatic heterocycles. The second-order valence-corrected chi connectivity index (χ2v) is 28.0. The average molecular weight is 1350 g/mol. The van der Waals surface area contributed by atoms with E-state index in [1.165, 1.54) is 35.1 Å². The van der Waals surface area contributed by atoms with Gasteiger partial charge in [-0.3, -0.25) is 24.0 Å². The third-order valence-electron chi connectivity index (χ3n) is 16.6. The number of methoxy groups -OCH3 is 1. The summed E-state index contributed by atoms with van der Waals surface area (Å²) in [5.41, 5.74) is -3.06. The van der Waals surface area contributed by atoms with Gasteiger partial charge in [-0.2, -0.15) is 71.1 Å². The number of carbonyl (C=O) groups is 5. The first-order valence-electron chi connectivity index (χ1n) is 32.1. The number of quaternary nitrogens is 7. The fraction of sp³-hybridized carbons (Fsp3) is 0.619. The van der Waals surface area contributed by atoms with Crippen LogP contribution in [0.4, 0.5) is 13.2 Å². The van der Waals surface area contributed by atoms with E-state index in [0.29, 0.717) is 62.1 Å². The average Bonchev–Trinajstić information content (AvgIpc) is 1.06. The first-order valence-corrected chi connectivity index (χ1v) is 35.4. The number of ether oxygens (including phenoxy) is 1. The molecule has 0 radical (unpaired) electrons. The normalized spacial score (nSPS) is 19.9. The predicted molar refractivity (Wildman–Crippen MR) is 346 cm³/mol. The molecule has 2 aromatic rings. The van der Waals surface area contributed by atoms with E-state index in [1.54, 1.807) is 14.0 Å². The molecule has 9 rings (SSSR count).